The lowest BCUT2D eigenvalue weighted by Crippen LogP contribution is -2.60. The van der Waals surface area contributed by atoms with Gasteiger partial charge < -0.3 is 31.9 Å². The fourth-order valence-corrected chi connectivity index (χ4v) is 3.84. The van der Waals surface area contributed by atoms with Crippen LogP contribution in [0.1, 0.15) is 44.1 Å². The van der Waals surface area contributed by atoms with Crippen molar-refractivity contribution < 1.29 is 29.0 Å². The number of carboxylic acids is 1. The summed E-state index contributed by atoms with van der Waals surface area (Å²) in [5.74, 6) is -4.24. The fraction of sp³-hybridized carbons (Fsp3) is 0.545. The number of carboxylic acid groups (broad SMARTS) is 1. The van der Waals surface area contributed by atoms with Gasteiger partial charge in [-0.1, -0.05) is 36.8 Å². The molecule has 1 aromatic carbocycles. The summed E-state index contributed by atoms with van der Waals surface area (Å²) in [6.07, 6.45) is 2.66. The van der Waals surface area contributed by atoms with Gasteiger partial charge in [0.05, 0.1) is 18.5 Å². The van der Waals surface area contributed by atoms with Crippen molar-refractivity contribution in [1.29, 1.82) is 0 Å². The monoisotopic (exact) mass is 484 g/mol. The minimum atomic E-state index is -1.78. The topological polar surface area (TPSA) is 174 Å². The summed E-state index contributed by atoms with van der Waals surface area (Å²) in [5.41, 5.74) is 10.2. The molecule has 1 saturated carbocycles. The van der Waals surface area contributed by atoms with Crippen molar-refractivity contribution in [3.63, 3.8) is 0 Å². The van der Waals surface area contributed by atoms with E-state index in [0.717, 1.165) is 12.0 Å². The second kappa shape index (κ2) is 13.8. The summed E-state index contributed by atoms with van der Waals surface area (Å²) >= 11 is 0. The van der Waals surface area contributed by atoms with Crippen LogP contribution in [0.25, 0.3) is 0 Å². The van der Waals surface area contributed by atoms with Crippen LogP contribution in [-0.4, -0.2) is 53.5 Å². The van der Waals surface area contributed by atoms with Gasteiger partial charge in [0.2, 0.25) is 11.8 Å². The number of esters is 1. The molecule has 1 aromatic rings. The first kappa shape index (κ1) is 28.3. The molecule has 33 heavy (non-hydrogen) atoms. The Bertz CT molecular complexity index is 809. The quantitative estimate of drug-likeness (QED) is 0.210. The molecule has 1 aliphatic rings. The van der Waals surface area contributed by atoms with Gasteiger partial charge >= 0.3 is 11.9 Å². The van der Waals surface area contributed by atoms with E-state index in [2.05, 4.69) is 10.6 Å². The number of unbranched alkanes of at least 4 members (excludes halogenated alkanes) is 1. The van der Waals surface area contributed by atoms with Crippen molar-refractivity contribution in [3.05, 3.63) is 35.9 Å². The average molecular weight is 485 g/mol. The van der Waals surface area contributed by atoms with Crippen molar-refractivity contribution in [3.8, 4) is 0 Å². The molecular weight excluding hydrogens is 452 g/mol. The van der Waals surface area contributed by atoms with Crippen molar-refractivity contribution in [2.75, 3.05) is 13.1 Å². The first-order valence-corrected chi connectivity index (χ1v) is 10.8. The number of amides is 2. The van der Waals surface area contributed by atoms with E-state index in [4.69, 9.17) is 16.2 Å². The molecule has 11 heteroatoms. The number of nitrogens with two attached hydrogens (primary N) is 2. The lowest BCUT2D eigenvalue weighted by Gasteiger charge is -2.31. The standard InChI is InChI=1S/C22H32N4O6.ClH/c23-12-5-4-10-17(24)19(28)25-13-18(27)26-22(21(30)31)11-6-9-16(22)20(29)32-14-15-7-2-1-3-8-15;/h1-3,7-8,16-17H,4-6,9-14,23-24H2,(H,25,28)(H,26,27)(H,30,31);1H/t16?,17-,22?;/m0./s1. The number of carbonyl (C=O) groups is 4. The van der Waals surface area contributed by atoms with Gasteiger partial charge in [-0.15, -0.1) is 12.4 Å². The van der Waals surface area contributed by atoms with Crippen LogP contribution in [0.5, 0.6) is 0 Å². The molecule has 0 spiro atoms. The Morgan fingerprint density at radius 3 is 2.52 bits per heavy atom. The molecule has 0 saturated heterocycles. The molecule has 2 amide bonds. The number of aliphatic carboxylic acids is 1. The Kier molecular flexibility index (Phi) is 11.8. The Balaban J connectivity index is 0.00000544. The van der Waals surface area contributed by atoms with E-state index in [1.165, 1.54) is 0 Å². The number of carbonyl (C=O) groups excluding carboxylic acids is 3. The number of hydrogen-bond acceptors (Lipinski definition) is 7. The molecule has 184 valence electrons. The van der Waals surface area contributed by atoms with Crippen LogP contribution in [0, 0.1) is 5.92 Å². The second-order valence-corrected chi connectivity index (χ2v) is 7.97. The molecule has 0 radical (unpaired) electrons. The highest BCUT2D eigenvalue weighted by Crippen LogP contribution is 2.37. The molecule has 3 atom stereocenters. The molecule has 0 aromatic heterocycles. The third-order valence-electron chi connectivity index (χ3n) is 5.64. The normalized spacial score (nSPS) is 20.2. The summed E-state index contributed by atoms with van der Waals surface area (Å²) in [6.45, 7) is 0.0745. The zero-order valence-electron chi connectivity index (χ0n) is 18.5. The molecule has 1 fully saturated rings. The van der Waals surface area contributed by atoms with Crippen LogP contribution in [0.2, 0.25) is 0 Å². The van der Waals surface area contributed by atoms with E-state index in [0.29, 0.717) is 25.8 Å². The first-order valence-electron chi connectivity index (χ1n) is 10.8. The van der Waals surface area contributed by atoms with Gasteiger partial charge in [-0.05, 0) is 44.2 Å². The zero-order valence-corrected chi connectivity index (χ0v) is 19.3. The number of nitrogens with one attached hydrogen (secondary N) is 2. The second-order valence-electron chi connectivity index (χ2n) is 7.97. The van der Waals surface area contributed by atoms with Crippen molar-refractivity contribution >= 4 is 36.2 Å². The largest absolute Gasteiger partial charge is 0.479 e. The maximum absolute atomic E-state index is 12.7. The smallest absolute Gasteiger partial charge is 0.330 e. The van der Waals surface area contributed by atoms with Gasteiger partial charge in [-0.3, -0.25) is 14.4 Å². The van der Waals surface area contributed by atoms with Gasteiger partial charge in [0.25, 0.3) is 0 Å². The number of benzene rings is 1. The molecule has 2 unspecified atom stereocenters. The molecule has 0 heterocycles. The minimum Gasteiger partial charge on any atom is -0.479 e. The lowest BCUT2D eigenvalue weighted by molar-refractivity contribution is -0.161. The van der Waals surface area contributed by atoms with E-state index in [9.17, 15) is 24.3 Å². The molecule has 1 aliphatic carbocycles. The van der Waals surface area contributed by atoms with Gasteiger partial charge in [0.15, 0.2) is 5.54 Å². The summed E-state index contributed by atoms with van der Waals surface area (Å²) < 4.78 is 5.33. The first-order chi connectivity index (χ1) is 15.3. The molecule has 10 nitrogen and oxygen atoms in total. The minimum absolute atomic E-state index is 0. The van der Waals surface area contributed by atoms with Crippen LogP contribution in [-0.2, 0) is 30.5 Å². The van der Waals surface area contributed by atoms with Crippen LogP contribution in [0.4, 0.5) is 0 Å². The van der Waals surface area contributed by atoms with Gasteiger partial charge in [-0.2, -0.15) is 0 Å². The lowest BCUT2D eigenvalue weighted by atomic mass is 9.86. The zero-order chi connectivity index (χ0) is 23.6. The van der Waals surface area contributed by atoms with E-state index in [-0.39, 0.29) is 31.9 Å². The van der Waals surface area contributed by atoms with E-state index in [1.54, 1.807) is 24.3 Å². The van der Waals surface area contributed by atoms with Crippen molar-refractivity contribution in [2.24, 2.45) is 17.4 Å². The van der Waals surface area contributed by atoms with Crippen molar-refractivity contribution in [2.45, 2.75) is 56.7 Å². The highest BCUT2D eigenvalue weighted by atomic mass is 35.5. The van der Waals surface area contributed by atoms with E-state index in [1.807, 2.05) is 6.07 Å². The third-order valence-corrected chi connectivity index (χ3v) is 5.64. The Labute approximate surface area is 199 Å². The number of rotatable bonds is 12. The van der Waals surface area contributed by atoms with Gasteiger partial charge in [-0.25, -0.2) is 4.79 Å². The van der Waals surface area contributed by atoms with Gasteiger partial charge in [0.1, 0.15) is 6.61 Å². The van der Waals surface area contributed by atoms with Crippen LogP contribution >= 0.6 is 12.4 Å². The maximum atomic E-state index is 12.7. The number of ether oxygens (including phenoxy) is 1. The number of hydrogen-bond donors (Lipinski definition) is 5. The third kappa shape index (κ3) is 7.99. The SMILES string of the molecule is Cl.NCCCC[C@H](N)C(=O)NCC(=O)NC1(C(=O)O)CCCC1C(=O)OCc1ccccc1. The number of halogens is 1. The van der Waals surface area contributed by atoms with Crippen LogP contribution in [0.3, 0.4) is 0 Å². The predicted molar refractivity (Wildman–Crippen MR) is 123 cm³/mol. The van der Waals surface area contributed by atoms with Crippen molar-refractivity contribution in [1.82, 2.24) is 10.6 Å². The fourth-order valence-electron chi connectivity index (χ4n) is 3.84. The molecular formula is C22H33ClN4O6. The Morgan fingerprint density at radius 1 is 1.18 bits per heavy atom. The maximum Gasteiger partial charge on any atom is 0.330 e. The molecule has 0 bridgehead atoms. The summed E-state index contributed by atoms with van der Waals surface area (Å²) in [5, 5.41) is 14.7. The predicted octanol–water partition coefficient (Wildman–Crippen LogP) is 0.464. The summed E-state index contributed by atoms with van der Waals surface area (Å²) in [7, 11) is 0. The van der Waals surface area contributed by atoms with Crippen LogP contribution in [0.15, 0.2) is 30.3 Å². The highest BCUT2D eigenvalue weighted by molar-refractivity contribution is 5.94. The summed E-state index contributed by atoms with van der Waals surface area (Å²) in [4.78, 5) is 49.3. The highest BCUT2D eigenvalue weighted by Gasteiger charge is 2.54. The molecule has 2 rings (SSSR count). The molecule has 0 aliphatic heterocycles. The Hall–Kier alpha value is -2.69. The van der Waals surface area contributed by atoms with Crippen LogP contribution < -0.4 is 22.1 Å². The molecule has 7 N–H and O–H groups in total. The van der Waals surface area contributed by atoms with E-state index >= 15 is 0 Å². The average Bonchev–Trinajstić information content (AvgIpc) is 3.21. The van der Waals surface area contributed by atoms with E-state index < -0.39 is 47.8 Å². The van der Waals surface area contributed by atoms with Gasteiger partial charge in [0, 0.05) is 0 Å². The summed E-state index contributed by atoms with van der Waals surface area (Å²) in [6, 6.07) is 8.24. The Morgan fingerprint density at radius 2 is 1.88 bits per heavy atom.